The van der Waals surface area contributed by atoms with Gasteiger partial charge in [0.15, 0.2) is 0 Å². The number of benzene rings is 1. The van der Waals surface area contributed by atoms with E-state index in [0.29, 0.717) is 5.92 Å². The van der Waals surface area contributed by atoms with Crippen LogP contribution in [0.5, 0.6) is 0 Å². The van der Waals surface area contributed by atoms with Crippen molar-refractivity contribution in [2.75, 3.05) is 0 Å². The molecule has 3 aliphatic carbocycles. The second-order valence-electron chi connectivity index (χ2n) is 5.30. The Bertz CT molecular complexity index is 711. The van der Waals surface area contributed by atoms with Crippen molar-refractivity contribution in [2.45, 2.75) is 19.3 Å². The third-order valence-corrected chi connectivity index (χ3v) is 4.35. The van der Waals surface area contributed by atoms with Crippen molar-refractivity contribution in [1.29, 1.82) is 0 Å². The van der Waals surface area contributed by atoms with E-state index in [0.717, 1.165) is 6.42 Å². The Labute approximate surface area is 107 Å². The number of fused-ring (bicyclic) bond motifs is 4. The van der Waals surface area contributed by atoms with Crippen LogP contribution >= 0.6 is 0 Å². The lowest BCUT2D eigenvalue weighted by molar-refractivity contribution is 0.693. The molecule has 1 atom stereocenters. The summed E-state index contributed by atoms with van der Waals surface area (Å²) < 4.78 is 0. The number of hydrogen-bond donors (Lipinski definition) is 0. The maximum atomic E-state index is 2.35. The van der Waals surface area contributed by atoms with Crippen LogP contribution in [0.15, 0.2) is 48.6 Å². The Morgan fingerprint density at radius 2 is 2.00 bits per heavy atom. The number of hydrogen-bond acceptors (Lipinski definition) is 0. The maximum Gasteiger partial charge on any atom is 0.00302 e. The van der Waals surface area contributed by atoms with Crippen LogP contribution in [0.1, 0.15) is 17.5 Å². The van der Waals surface area contributed by atoms with Crippen LogP contribution in [0.2, 0.25) is 0 Å². The summed E-state index contributed by atoms with van der Waals surface area (Å²) in [5.74, 6) is 0.642. The molecule has 1 aromatic carbocycles. The van der Waals surface area contributed by atoms with Crippen LogP contribution in [0.25, 0.3) is 11.6 Å². The molecule has 0 saturated carbocycles. The average Bonchev–Trinajstić information content (AvgIpc) is 2.46. The highest BCUT2D eigenvalue weighted by Gasteiger charge is 2.20. The van der Waals surface area contributed by atoms with E-state index in [-0.39, 0.29) is 0 Å². The zero-order chi connectivity index (χ0) is 11.9. The Balaban J connectivity index is 2.07. The molecule has 0 heteroatoms. The summed E-state index contributed by atoms with van der Waals surface area (Å²) in [6, 6.07) is 4.62. The van der Waals surface area contributed by atoms with E-state index in [4.69, 9.17) is 0 Å². The van der Waals surface area contributed by atoms with Gasteiger partial charge in [0.25, 0.3) is 0 Å². The molecule has 0 amide bonds. The summed E-state index contributed by atoms with van der Waals surface area (Å²) in [6.07, 6.45) is 19.3. The average molecular weight is 232 g/mol. The molecule has 0 spiro atoms. The first kappa shape index (κ1) is 10.1. The van der Waals surface area contributed by atoms with E-state index in [1.54, 1.807) is 11.1 Å². The van der Waals surface area contributed by atoms with Gasteiger partial charge in [0.1, 0.15) is 0 Å². The topological polar surface area (TPSA) is 0 Å². The summed E-state index contributed by atoms with van der Waals surface area (Å²) in [5, 5.41) is 2.92. The largest absolute Gasteiger partial charge is 0.0801 e. The Kier molecular flexibility index (Phi) is 2.16. The highest BCUT2D eigenvalue weighted by Crippen LogP contribution is 2.28. The van der Waals surface area contributed by atoms with Crippen molar-refractivity contribution in [3.63, 3.8) is 0 Å². The summed E-state index contributed by atoms with van der Waals surface area (Å²) in [7, 11) is 0. The molecule has 0 aliphatic heterocycles. The van der Waals surface area contributed by atoms with Gasteiger partial charge in [-0.3, -0.25) is 0 Å². The fraction of sp³-hybridized carbons (Fsp3) is 0.222. The van der Waals surface area contributed by atoms with Crippen molar-refractivity contribution in [3.8, 4) is 0 Å². The standard InChI is InChI=1S/C18H16/c1-3-7-15-13(5-1)9-11-18-16-8-4-2-6-14(16)10-12-17(15)18/h1-7,10,12-13H,8-9,11H2. The Morgan fingerprint density at radius 3 is 3.00 bits per heavy atom. The molecule has 0 aromatic heterocycles. The SMILES string of the molecule is C1=CCc2c3c(ccc2=C1)=C1C=CC=CC1CC3. The highest BCUT2D eigenvalue weighted by atomic mass is 14.2. The normalized spacial score (nSPS) is 23.1. The van der Waals surface area contributed by atoms with Gasteiger partial charge in [-0.05, 0) is 46.4 Å². The van der Waals surface area contributed by atoms with E-state index in [1.807, 2.05) is 0 Å². The lowest BCUT2D eigenvalue weighted by atomic mass is 9.79. The molecule has 0 fully saturated rings. The van der Waals surface area contributed by atoms with Crippen LogP contribution in [0.3, 0.4) is 0 Å². The minimum atomic E-state index is 0.642. The van der Waals surface area contributed by atoms with Crippen LogP contribution in [0.4, 0.5) is 0 Å². The van der Waals surface area contributed by atoms with Crippen molar-refractivity contribution in [1.82, 2.24) is 0 Å². The number of allylic oxidation sites excluding steroid dienone is 6. The first-order valence-corrected chi connectivity index (χ1v) is 6.80. The highest BCUT2D eigenvalue weighted by molar-refractivity contribution is 5.67. The molecule has 0 bridgehead atoms. The third kappa shape index (κ3) is 1.38. The van der Waals surface area contributed by atoms with Gasteiger partial charge in [-0.15, -0.1) is 0 Å². The predicted molar refractivity (Wildman–Crippen MR) is 76.5 cm³/mol. The minimum absolute atomic E-state index is 0.642. The first-order chi connectivity index (χ1) is 8.93. The van der Waals surface area contributed by atoms with Gasteiger partial charge in [0.2, 0.25) is 0 Å². The molecule has 4 rings (SSSR count). The minimum Gasteiger partial charge on any atom is -0.0801 e. The van der Waals surface area contributed by atoms with E-state index in [1.165, 1.54) is 28.9 Å². The molecular formula is C18H16. The molecule has 1 unspecified atom stereocenters. The zero-order valence-corrected chi connectivity index (χ0v) is 10.4. The molecule has 0 heterocycles. The van der Waals surface area contributed by atoms with Gasteiger partial charge in [-0.2, -0.15) is 0 Å². The number of rotatable bonds is 0. The molecule has 3 aliphatic rings. The van der Waals surface area contributed by atoms with Crippen molar-refractivity contribution < 1.29 is 0 Å². The molecular weight excluding hydrogens is 216 g/mol. The smallest absolute Gasteiger partial charge is 0.00302 e. The first-order valence-electron chi connectivity index (χ1n) is 6.80. The zero-order valence-electron chi connectivity index (χ0n) is 10.4. The van der Waals surface area contributed by atoms with E-state index in [9.17, 15) is 0 Å². The molecule has 0 nitrogen and oxygen atoms in total. The molecule has 1 aromatic rings. The van der Waals surface area contributed by atoms with Crippen LogP contribution < -0.4 is 10.4 Å². The van der Waals surface area contributed by atoms with Crippen LogP contribution in [-0.4, -0.2) is 0 Å². The maximum absolute atomic E-state index is 2.35. The van der Waals surface area contributed by atoms with Crippen LogP contribution in [0, 0.1) is 5.92 Å². The predicted octanol–water partition coefficient (Wildman–Crippen LogP) is 2.42. The monoisotopic (exact) mass is 232 g/mol. The third-order valence-electron chi connectivity index (χ3n) is 4.35. The lowest BCUT2D eigenvalue weighted by Gasteiger charge is -2.25. The second-order valence-corrected chi connectivity index (χ2v) is 5.30. The Morgan fingerprint density at radius 1 is 1.00 bits per heavy atom. The summed E-state index contributed by atoms with van der Waals surface area (Å²) >= 11 is 0. The van der Waals surface area contributed by atoms with Gasteiger partial charge in [0, 0.05) is 5.92 Å². The van der Waals surface area contributed by atoms with Gasteiger partial charge in [-0.1, -0.05) is 54.7 Å². The van der Waals surface area contributed by atoms with Crippen molar-refractivity contribution >= 4 is 11.6 Å². The molecule has 0 N–H and O–H groups in total. The molecule has 88 valence electrons. The Hall–Kier alpha value is -1.82. The van der Waals surface area contributed by atoms with Crippen molar-refractivity contribution in [3.05, 3.63) is 70.2 Å². The summed E-state index contributed by atoms with van der Waals surface area (Å²) in [4.78, 5) is 0. The fourth-order valence-electron chi connectivity index (χ4n) is 3.45. The van der Waals surface area contributed by atoms with Gasteiger partial charge in [-0.25, -0.2) is 0 Å². The lowest BCUT2D eigenvalue weighted by Crippen LogP contribution is -2.29. The van der Waals surface area contributed by atoms with Gasteiger partial charge in [0.05, 0.1) is 0 Å². The van der Waals surface area contributed by atoms with Crippen LogP contribution in [-0.2, 0) is 12.8 Å². The summed E-state index contributed by atoms with van der Waals surface area (Å²) in [6.45, 7) is 0. The van der Waals surface area contributed by atoms with Gasteiger partial charge >= 0.3 is 0 Å². The molecule has 18 heavy (non-hydrogen) atoms. The van der Waals surface area contributed by atoms with Gasteiger partial charge < -0.3 is 0 Å². The van der Waals surface area contributed by atoms with E-state index in [2.05, 4.69) is 54.7 Å². The summed E-state index contributed by atoms with van der Waals surface area (Å²) in [5.41, 5.74) is 4.68. The molecule has 0 saturated heterocycles. The van der Waals surface area contributed by atoms with E-state index < -0.39 is 0 Å². The van der Waals surface area contributed by atoms with Crippen molar-refractivity contribution in [2.24, 2.45) is 5.92 Å². The van der Waals surface area contributed by atoms with E-state index >= 15 is 0 Å². The fourth-order valence-corrected chi connectivity index (χ4v) is 3.45. The quantitative estimate of drug-likeness (QED) is 0.644. The second kappa shape index (κ2) is 3.84. The molecule has 0 radical (unpaired) electrons.